The number of isocyanates is 2. The fourth-order valence-electron chi connectivity index (χ4n) is 3.16. The van der Waals surface area contributed by atoms with Gasteiger partial charge in [0.15, 0.2) is 0 Å². The van der Waals surface area contributed by atoms with Crippen molar-refractivity contribution in [2.75, 3.05) is 136 Å². The molecule has 0 amide bonds. The molecule has 2 aromatic carbocycles. The Bertz CT molecular complexity index is 1330. The second-order valence-corrected chi connectivity index (χ2v) is 23.8. The summed E-state index contributed by atoms with van der Waals surface area (Å²) in [6.07, 6.45) is 2.92. The van der Waals surface area contributed by atoms with Gasteiger partial charge in [-0.1, -0.05) is 111 Å². The number of fused-ring (bicyclic) bond motifs is 1. The van der Waals surface area contributed by atoms with E-state index in [9.17, 15) is 14.4 Å². The summed E-state index contributed by atoms with van der Waals surface area (Å²) in [5, 5.41) is 2.61. The van der Waals surface area contributed by atoms with Crippen molar-refractivity contribution in [3.63, 3.8) is 0 Å². The molecule has 0 unspecified atom stereocenters. The van der Waals surface area contributed by atoms with Gasteiger partial charge in [0.2, 0.25) is 12.2 Å². The SMILES string of the molecule is CN(C)c1cccc2cccc(N(C)C)c12.NCCSSCCN.NCCSSCCN.NCCSSCCN.O=C(Cl)OC(Cl)(Cl)Cl.O=C=NCCSSCCN=C=O.[2H]I([2H])S. The summed E-state index contributed by atoms with van der Waals surface area (Å²) in [6.45, 7) is 5.59. The van der Waals surface area contributed by atoms with E-state index < -0.39 is 30.2 Å². The van der Waals surface area contributed by atoms with E-state index in [-0.39, 0.29) is 0 Å². The van der Waals surface area contributed by atoms with Crippen LogP contribution in [0, 0.1) is 0 Å². The first-order valence-corrected chi connectivity index (χ1v) is 32.6. The van der Waals surface area contributed by atoms with Crippen LogP contribution in [0.3, 0.4) is 0 Å². The Morgan fingerprint density at radius 1 is 0.661 bits per heavy atom. The average molecular weight is 1240 g/mol. The van der Waals surface area contributed by atoms with Crippen LogP contribution in [-0.2, 0) is 14.3 Å². The van der Waals surface area contributed by atoms with Crippen LogP contribution in [0.25, 0.3) is 10.8 Å². The van der Waals surface area contributed by atoms with Gasteiger partial charge in [0.25, 0.3) is 0 Å². The van der Waals surface area contributed by atoms with E-state index in [1.807, 2.05) is 0 Å². The minimum absolute atomic E-state index is 0.498. The molecule has 0 aromatic heterocycles. The predicted octanol–water partition coefficient (Wildman–Crippen LogP) is 8.29. The van der Waals surface area contributed by atoms with Crippen molar-refractivity contribution in [1.29, 1.82) is 1.19 Å². The summed E-state index contributed by atoms with van der Waals surface area (Å²) in [5.41, 5.74) is 32.9. The van der Waals surface area contributed by atoms with Crippen LogP contribution >= 0.6 is 163 Å². The Kier molecular flexibility index (Phi) is 63.7. The summed E-state index contributed by atoms with van der Waals surface area (Å²) < 4.78 is 14.4. The van der Waals surface area contributed by atoms with E-state index in [0.29, 0.717) is 13.1 Å². The minimum atomic E-state index is -2.07. The van der Waals surface area contributed by atoms with Gasteiger partial charge in [-0.25, -0.2) is 24.4 Å². The summed E-state index contributed by atoms with van der Waals surface area (Å²) in [4.78, 5) is 40.1. The summed E-state index contributed by atoms with van der Waals surface area (Å²) in [7, 11) is 25.7. The molecule has 0 bridgehead atoms. The summed E-state index contributed by atoms with van der Waals surface area (Å²) in [5.74, 6) is 7.76. The molecule has 28 heteroatoms. The van der Waals surface area contributed by atoms with Crippen molar-refractivity contribution in [1.82, 2.24) is 0 Å². The number of ether oxygens (including phenoxy) is 1. The molecule has 364 valence electrons. The number of thiol groups is 1. The molecule has 62 heavy (non-hydrogen) atoms. The Labute approximate surface area is 439 Å². The molecule has 0 aliphatic carbocycles. The number of nitrogens with zero attached hydrogens (tertiary/aromatic N) is 4. The third-order valence-corrected chi connectivity index (χ3v) is 15.4. The monoisotopic (exact) mass is 1230 g/mol. The molecule has 0 radical (unpaired) electrons. The first-order valence-electron chi connectivity index (χ1n) is 18.7. The van der Waals surface area contributed by atoms with Crippen molar-refractivity contribution >= 4 is 203 Å². The van der Waals surface area contributed by atoms with E-state index in [2.05, 4.69) is 111 Å². The first-order chi connectivity index (χ1) is 30.4. The average Bonchev–Trinajstić information content (AvgIpc) is 3.23. The van der Waals surface area contributed by atoms with E-state index in [0.717, 1.165) is 85.3 Å². The standard InChI is InChI=1S/C14H18N2.C6H8N2O2S2.3C4H12N2S2.C2Cl4O2.H3IS/c1-15(2)12-9-5-7-11-8-6-10-13(14(11)12)16(3)4;9-5-7-1-3-11-12-4-2-8-6-10;3*5-1-3-7-8-4-2-6;3-1(7)8-2(4,5)6;1-2/h5-10H,1-4H3;1-4H2;3*1-6H2;;2H,1H2/i;;;;;;1D2. The first kappa shape index (κ1) is 67.6. The number of alkyl halides is 3. The van der Waals surface area contributed by atoms with Gasteiger partial charge in [0, 0.05) is 142 Å². The molecule has 0 fully saturated rings. The number of anilines is 2. The van der Waals surface area contributed by atoms with Crippen LogP contribution in [0.5, 0.6) is 0 Å². The number of hydrogen-bond donors (Lipinski definition) is 7. The second kappa shape index (κ2) is 58.5. The fraction of sp³-hybridized carbons (Fsp3) is 0.618. The Morgan fingerprint density at radius 3 is 1.13 bits per heavy atom. The van der Waals surface area contributed by atoms with Crippen molar-refractivity contribution < 1.29 is 19.1 Å². The van der Waals surface area contributed by atoms with Gasteiger partial charge in [0.05, 0.1) is 13.1 Å². The zero-order valence-corrected chi connectivity index (χ0v) is 47.9. The molecule has 2 rings (SSSR count). The number of carbonyl (C=O) groups is 1. The molecule has 0 atom stereocenters. The van der Waals surface area contributed by atoms with Crippen LogP contribution in [0.15, 0.2) is 46.4 Å². The number of benzene rings is 2. The van der Waals surface area contributed by atoms with Gasteiger partial charge in [0.1, 0.15) is 0 Å². The van der Waals surface area contributed by atoms with Gasteiger partial charge in [-0.15, -0.1) is 0 Å². The summed E-state index contributed by atoms with van der Waals surface area (Å²) >= 11 is 17.4. The predicted molar refractivity (Wildman–Crippen MR) is 311 cm³/mol. The van der Waals surface area contributed by atoms with E-state index in [4.69, 9.17) is 70.4 Å². The van der Waals surface area contributed by atoms with Crippen LogP contribution in [0.2, 0.25) is 0 Å². The molecule has 0 saturated heterocycles. The van der Waals surface area contributed by atoms with Crippen molar-refractivity contribution in [2.45, 2.75) is 3.98 Å². The number of carbonyl (C=O) groups excluding carboxylic acids is 3. The maximum absolute atomic E-state index is 9.75. The van der Waals surface area contributed by atoms with Gasteiger partial charge < -0.3 is 48.9 Å². The van der Waals surface area contributed by atoms with Crippen molar-refractivity contribution in [3.8, 4) is 0 Å². The van der Waals surface area contributed by atoms with E-state index >= 15 is 0 Å². The third kappa shape index (κ3) is 57.5. The zero-order chi connectivity index (χ0) is 49.9. The van der Waals surface area contributed by atoms with Gasteiger partial charge in [-0.2, -0.15) is 0 Å². The molecule has 0 saturated carbocycles. The number of halogens is 5. The van der Waals surface area contributed by atoms with Crippen molar-refractivity contribution in [3.05, 3.63) is 36.4 Å². The Morgan fingerprint density at radius 2 is 0.935 bits per heavy atom. The number of rotatable bonds is 24. The zero-order valence-electron chi connectivity index (χ0n) is 37.3. The molecule has 12 N–H and O–H groups in total. The van der Waals surface area contributed by atoms with E-state index in [1.165, 1.54) is 34.3 Å². The van der Waals surface area contributed by atoms with Crippen LogP contribution < -0.4 is 44.2 Å². The van der Waals surface area contributed by atoms with Gasteiger partial charge >= 0.3 is 41.2 Å². The van der Waals surface area contributed by atoms with Gasteiger partial charge in [-0.3, -0.25) is 0 Å². The van der Waals surface area contributed by atoms with Crippen LogP contribution in [-0.4, -0.2) is 149 Å². The Balaban J connectivity index is -0.000000219. The van der Waals surface area contributed by atoms with Gasteiger partial charge in [-0.05, 0) is 52.3 Å². The fourth-order valence-corrected chi connectivity index (χ4v) is 10.5. The normalized spacial score (nSPS) is 10.3. The Hall–Kier alpha value is 1.33. The molecule has 0 heterocycles. The third-order valence-electron chi connectivity index (χ3n) is 5.26. The molecule has 0 spiro atoms. The van der Waals surface area contributed by atoms with Crippen LogP contribution in [0.1, 0.15) is 0 Å². The second-order valence-electron chi connectivity index (χ2n) is 10.5. The number of nitrogens with two attached hydrogens (primary N) is 6. The molecule has 2 aromatic rings. The summed E-state index contributed by atoms with van der Waals surface area (Å²) in [6, 6.07) is 12.9. The van der Waals surface area contributed by atoms with Crippen molar-refractivity contribution in [2.24, 2.45) is 44.4 Å². The number of hydrogen-bond acceptors (Lipinski definition) is 23. The molecular weight excluding hydrogens is 1170 g/mol. The molecule has 0 aliphatic heterocycles. The maximum atomic E-state index is 9.75. The molecule has 0 aliphatic rings. The van der Waals surface area contributed by atoms with E-state index in [1.54, 1.807) is 86.4 Å². The topological polar surface area (TPSA) is 248 Å². The quantitative estimate of drug-likeness (QED) is 0.00763. The molecule has 14 nitrogen and oxygen atoms in total. The number of aliphatic imine (C=N–C) groups is 2. The molecular formula is C34H65Cl4IN10O4S9. The van der Waals surface area contributed by atoms with Crippen LogP contribution in [0.4, 0.5) is 16.2 Å².